The molecule has 4 rings (SSSR count). The maximum Gasteiger partial charge on any atom is 0.262 e. The highest BCUT2D eigenvalue weighted by atomic mass is 32.2. The molecule has 0 amide bonds. The lowest BCUT2D eigenvalue weighted by atomic mass is 10.2. The second-order valence-electron chi connectivity index (χ2n) is 6.03. The lowest BCUT2D eigenvalue weighted by molar-refractivity contribution is 0.414. The van der Waals surface area contributed by atoms with Gasteiger partial charge < -0.3 is 9.84 Å². The number of para-hydroxylation sites is 1. The van der Waals surface area contributed by atoms with Gasteiger partial charge in [0.15, 0.2) is 0 Å². The van der Waals surface area contributed by atoms with Crippen molar-refractivity contribution in [1.82, 2.24) is 0 Å². The van der Waals surface area contributed by atoms with E-state index in [0.29, 0.717) is 21.3 Å². The number of methoxy groups -OCH3 is 1. The molecule has 0 saturated heterocycles. The lowest BCUT2D eigenvalue weighted by Gasteiger charge is -2.06. The number of allylic oxidation sites excluding steroid dienone is 1. The van der Waals surface area contributed by atoms with Crippen molar-refractivity contribution in [2.75, 3.05) is 11.8 Å². The highest BCUT2D eigenvalue weighted by Crippen LogP contribution is 2.35. The van der Waals surface area contributed by atoms with E-state index in [-0.39, 0.29) is 10.6 Å². The van der Waals surface area contributed by atoms with Gasteiger partial charge >= 0.3 is 0 Å². The van der Waals surface area contributed by atoms with E-state index in [2.05, 4.69) is 9.71 Å². The third kappa shape index (κ3) is 3.64. The van der Waals surface area contributed by atoms with E-state index in [9.17, 15) is 13.5 Å². The van der Waals surface area contributed by atoms with Gasteiger partial charge in [0.2, 0.25) is 0 Å². The van der Waals surface area contributed by atoms with Crippen LogP contribution in [0.1, 0.15) is 4.88 Å². The van der Waals surface area contributed by atoms with Crippen molar-refractivity contribution in [2.24, 2.45) is 4.99 Å². The molecule has 0 spiro atoms. The van der Waals surface area contributed by atoms with E-state index in [1.807, 2.05) is 30.3 Å². The minimum absolute atomic E-state index is 0.00973. The maximum absolute atomic E-state index is 12.5. The number of sulfonamides is 1. The number of hydrogen-bond acceptors (Lipinski definition) is 6. The van der Waals surface area contributed by atoms with Crippen LogP contribution in [0.25, 0.3) is 12.2 Å². The first kappa shape index (κ1) is 18.3. The van der Waals surface area contributed by atoms with Crippen LogP contribution in [0.15, 0.2) is 70.2 Å². The quantitative estimate of drug-likeness (QED) is 0.675. The molecule has 8 heteroatoms. The molecule has 28 heavy (non-hydrogen) atoms. The molecule has 1 aliphatic rings. The van der Waals surface area contributed by atoms with Crippen LogP contribution < -0.4 is 20.0 Å². The highest BCUT2D eigenvalue weighted by molar-refractivity contribution is 7.93. The molecule has 6 nitrogen and oxygen atoms in total. The summed E-state index contributed by atoms with van der Waals surface area (Å²) in [6.07, 6.45) is 3.64. The first-order chi connectivity index (χ1) is 13.4. The molecule has 1 aliphatic heterocycles. The Kier molecular flexibility index (Phi) is 4.66. The van der Waals surface area contributed by atoms with Gasteiger partial charge in [-0.15, -0.1) is 11.3 Å². The van der Waals surface area contributed by atoms with Crippen LogP contribution in [0.4, 0.5) is 5.00 Å². The van der Waals surface area contributed by atoms with Crippen LogP contribution in [-0.4, -0.2) is 20.6 Å². The zero-order valence-corrected chi connectivity index (χ0v) is 16.4. The Bertz CT molecular complexity index is 1250. The van der Waals surface area contributed by atoms with Gasteiger partial charge in [-0.1, -0.05) is 18.2 Å². The molecule has 0 unspecified atom stereocenters. The topological polar surface area (TPSA) is 88.0 Å². The van der Waals surface area contributed by atoms with E-state index < -0.39 is 10.0 Å². The average molecular weight is 412 g/mol. The smallest absolute Gasteiger partial charge is 0.262 e. The van der Waals surface area contributed by atoms with Crippen LogP contribution >= 0.6 is 11.3 Å². The molecule has 3 aromatic rings. The molecule has 2 heterocycles. The Labute approximate surface area is 165 Å². The maximum atomic E-state index is 12.5. The molecule has 0 atom stereocenters. The summed E-state index contributed by atoms with van der Waals surface area (Å²) in [5.74, 6) is 0.559. The van der Waals surface area contributed by atoms with Crippen molar-refractivity contribution in [3.63, 3.8) is 0 Å². The molecule has 0 radical (unpaired) electrons. The summed E-state index contributed by atoms with van der Waals surface area (Å²) >= 11 is 1.13. The van der Waals surface area contributed by atoms with Gasteiger partial charge in [-0.05, 0) is 42.5 Å². The molecule has 2 N–H and O–H groups in total. The van der Waals surface area contributed by atoms with Crippen LogP contribution in [0, 0.1) is 0 Å². The van der Waals surface area contributed by atoms with Crippen LogP contribution in [-0.2, 0) is 10.0 Å². The number of nitrogens with one attached hydrogen (secondary N) is 1. The molecule has 1 aromatic heterocycles. The summed E-state index contributed by atoms with van der Waals surface area (Å²) in [5.41, 5.74) is 0.697. The molecule has 142 valence electrons. The largest absolute Gasteiger partial charge is 0.506 e. The number of fused-ring (bicyclic) bond motifs is 1. The summed E-state index contributed by atoms with van der Waals surface area (Å²) in [7, 11) is -2.26. The number of hydrogen-bond donors (Lipinski definition) is 2. The standard InChI is InChI=1S/C20H16N2O4S2/c1-26-15-6-8-16(9-7-15)28(24,25)22-20-12-18(23)19(27-20)11-14-10-13-4-2-3-5-17(13)21-14/h2-12,22-23H,1H3/b14-11-. The van der Waals surface area contributed by atoms with Gasteiger partial charge in [-0.2, -0.15) is 0 Å². The normalized spacial score (nSPS) is 14.2. The van der Waals surface area contributed by atoms with E-state index >= 15 is 0 Å². The van der Waals surface area contributed by atoms with Crippen LogP contribution in [0.2, 0.25) is 0 Å². The number of benzene rings is 2. The second-order valence-corrected chi connectivity index (χ2v) is 8.79. The zero-order chi connectivity index (χ0) is 19.7. The predicted molar refractivity (Wildman–Crippen MR) is 109 cm³/mol. The van der Waals surface area contributed by atoms with E-state index in [4.69, 9.17) is 4.74 Å². The lowest BCUT2D eigenvalue weighted by Crippen LogP contribution is -2.19. The Morgan fingerprint density at radius 1 is 1.14 bits per heavy atom. The Morgan fingerprint density at radius 2 is 1.89 bits per heavy atom. The molecular formula is C20H16N2O4S2. The molecule has 0 fully saturated rings. The summed E-state index contributed by atoms with van der Waals surface area (Å²) in [5, 5.41) is 12.4. The number of rotatable bonds is 5. The first-order valence-electron chi connectivity index (χ1n) is 8.31. The minimum Gasteiger partial charge on any atom is -0.506 e. The Hall–Kier alpha value is -3.10. The van der Waals surface area contributed by atoms with Gasteiger partial charge in [0.25, 0.3) is 10.0 Å². The Morgan fingerprint density at radius 3 is 2.61 bits per heavy atom. The number of aromatic hydroxyl groups is 1. The van der Waals surface area contributed by atoms with Crippen molar-refractivity contribution in [1.29, 1.82) is 0 Å². The van der Waals surface area contributed by atoms with Gasteiger partial charge in [0, 0.05) is 11.3 Å². The SMILES string of the molecule is COc1ccc(S(=O)(=O)Nc2cc(O)c(/C=C3/C=c4ccccc4=N3)s2)cc1. The molecular weight excluding hydrogens is 396 g/mol. The fourth-order valence-corrected chi connectivity index (χ4v) is 4.93. The highest BCUT2D eigenvalue weighted by Gasteiger charge is 2.17. The summed E-state index contributed by atoms with van der Waals surface area (Å²) in [6, 6.07) is 15.2. The molecule has 0 bridgehead atoms. The predicted octanol–water partition coefficient (Wildman–Crippen LogP) is 2.72. The monoisotopic (exact) mass is 412 g/mol. The fraction of sp³-hybridized carbons (Fsp3) is 0.0500. The Balaban J connectivity index is 1.59. The second kappa shape index (κ2) is 7.14. The van der Waals surface area contributed by atoms with E-state index in [1.165, 1.54) is 25.3 Å². The van der Waals surface area contributed by atoms with Crippen molar-refractivity contribution in [2.45, 2.75) is 4.90 Å². The third-order valence-electron chi connectivity index (χ3n) is 4.11. The van der Waals surface area contributed by atoms with Gasteiger partial charge in [-0.25, -0.2) is 13.4 Å². The van der Waals surface area contributed by atoms with Gasteiger partial charge in [0.05, 0.1) is 27.9 Å². The van der Waals surface area contributed by atoms with Crippen LogP contribution in [0.5, 0.6) is 11.5 Å². The van der Waals surface area contributed by atoms with E-state index in [1.54, 1.807) is 18.2 Å². The van der Waals surface area contributed by atoms with Gasteiger partial charge in [0.1, 0.15) is 16.5 Å². The number of ether oxygens (including phenoxy) is 1. The molecule has 2 aromatic carbocycles. The van der Waals surface area contributed by atoms with Crippen molar-refractivity contribution >= 4 is 38.5 Å². The third-order valence-corrected chi connectivity index (χ3v) is 6.61. The fourth-order valence-electron chi connectivity index (χ4n) is 2.75. The average Bonchev–Trinajstić information content (AvgIpc) is 3.24. The van der Waals surface area contributed by atoms with Crippen molar-refractivity contribution in [3.05, 3.63) is 75.7 Å². The summed E-state index contributed by atoms with van der Waals surface area (Å²) < 4.78 is 32.6. The van der Waals surface area contributed by atoms with Crippen molar-refractivity contribution in [3.8, 4) is 11.5 Å². The van der Waals surface area contributed by atoms with Crippen LogP contribution in [0.3, 0.4) is 0 Å². The minimum atomic E-state index is -3.77. The number of nitrogens with zero attached hydrogens (tertiary/aromatic N) is 1. The summed E-state index contributed by atoms with van der Waals surface area (Å²) in [6.45, 7) is 0. The first-order valence-corrected chi connectivity index (χ1v) is 10.6. The zero-order valence-electron chi connectivity index (χ0n) is 14.8. The number of anilines is 1. The van der Waals surface area contributed by atoms with Gasteiger partial charge in [-0.3, -0.25) is 4.72 Å². The van der Waals surface area contributed by atoms with E-state index in [0.717, 1.165) is 21.9 Å². The summed E-state index contributed by atoms with van der Waals surface area (Å²) in [4.78, 5) is 5.12. The molecule has 0 saturated carbocycles. The number of thiophene rings is 1. The molecule has 0 aliphatic carbocycles. The van der Waals surface area contributed by atoms with Crippen molar-refractivity contribution < 1.29 is 18.3 Å².